The van der Waals surface area contributed by atoms with Gasteiger partial charge in [0.05, 0.1) is 0 Å². The van der Waals surface area contributed by atoms with Gasteiger partial charge in [-0.15, -0.1) is 0 Å². The largest absolute Gasteiger partial charge is 0.349 e. The van der Waals surface area contributed by atoms with Crippen LogP contribution in [0.1, 0.15) is 53.6 Å². The zero-order chi connectivity index (χ0) is 20.4. The first-order valence-corrected chi connectivity index (χ1v) is 10.5. The molecule has 2 bridgehead atoms. The normalized spacial score (nSPS) is 23.4. The van der Waals surface area contributed by atoms with Crippen LogP contribution in [0.25, 0.3) is 0 Å². The van der Waals surface area contributed by atoms with Crippen LogP contribution in [-0.2, 0) is 0 Å². The average molecular weight is 392 g/mol. The van der Waals surface area contributed by atoms with E-state index >= 15 is 0 Å². The predicted octanol–water partition coefficient (Wildman–Crippen LogP) is 4.65. The van der Waals surface area contributed by atoms with E-state index in [1.807, 2.05) is 67.3 Å². The molecule has 29 heavy (non-hydrogen) atoms. The quantitative estimate of drug-likeness (QED) is 0.800. The summed E-state index contributed by atoms with van der Waals surface area (Å²) in [4.78, 5) is 27.8. The summed E-state index contributed by atoms with van der Waals surface area (Å²) in [6.45, 7) is 4.05. The summed E-state index contributed by atoms with van der Waals surface area (Å²) in [6.07, 6.45) is 4.76. The summed E-state index contributed by atoms with van der Waals surface area (Å²) >= 11 is 0. The second kappa shape index (κ2) is 8.27. The Hall–Kier alpha value is -2.82. The minimum absolute atomic E-state index is 0.00932. The number of para-hydroxylation sites is 1. The van der Waals surface area contributed by atoms with Gasteiger partial charge in [-0.1, -0.05) is 36.4 Å². The third kappa shape index (κ3) is 4.14. The summed E-state index contributed by atoms with van der Waals surface area (Å²) < 4.78 is 0. The van der Waals surface area contributed by atoms with Crippen LogP contribution in [-0.4, -0.2) is 35.0 Å². The molecule has 2 N–H and O–H groups in total. The number of carbonyl (C=O) groups excluding carboxylic acids is 2. The van der Waals surface area contributed by atoms with Crippen LogP contribution in [0.15, 0.2) is 48.5 Å². The van der Waals surface area contributed by atoms with Gasteiger partial charge in [0, 0.05) is 29.4 Å². The van der Waals surface area contributed by atoms with Crippen LogP contribution in [0.5, 0.6) is 0 Å². The Morgan fingerprint density at radius 2 is 1.52 bits per heavy atom. The number of piperidine rings is 2. The van der Waals surface area contributed by atoms with Crippen LogP contribution < -0.4 is 10.6 Å². The number of fused-ring (bicyclic) bond motifs is 2. The molecule has 152 valence electrons. The van der Waals surface area contributed by atoms with E-state index in [0.717, 1.165) is 48.9 Å². The fourth-order valence-electron chi connectivity index (χ4n) is 4.87. The third-order valence-electron chi connectivity index (χ3n) is 6.29. The highest BCUT2D eigenvalue weighted by Gasteiger charge is 2.41. The third-order valence-corrected chi connectivity index (χ3v) is 6.29. The van der Waals surface area contributed by atoms with Crippen molar-refractivity contribution in [2.75, 3.05) is 5.32 Å². The number of rotatable bonds is 3. The van der Waals surface area contributed by atoms with E-state index in [4.69, 9.17) is 0 Å². The fraction of sp³-hybridized carbons (Fsp3) is 0.417. The van der Waals surface area contributed by atoms with Crippen molar-refractivity contribution >= 4 is 17.6 Å². The van der Waals surface area contributed by atoms with Gasteiger partial charge in [0.1, 0.15) is 0 Å². The lowest BCUT2D eigenvalue weighted by Gasteiger charge is -2.48. The summed E-state index contributed by atoms with van der Waals surface area (Å²) in [5, 5.41) is 6.35. The highest BCUT2D eigenvalue weighted by atomic mass is 16.2. The van der Waals surface area contributed by atoms with E-state index < -0.39 is 0 Å². The monoisotopic (exact) mass is 391 g/mol. The first kappa shape index (κ1) is 19.5. The lowest BCUT2D eigenvalue weighted by atomic mass is 9.82. The molecular weight excluding hydrogens is 362 g/mol. The zero-order valence-corrected chi connectivity index (χ0v) is 17.2. The standard InChI is InChI=1S/C24H29N3O2/c1-16-8-6-9-17(2)22(16)26-24(29)27-20-12-7-13-21(27)15-19(14-20)25-23(28)18-10-4-3-5-11-18/h3-6,8-11,19-21H,7,12-15H2,1-2H3,(H,25,28)(H,26,29). The van der Waals surface area contributed by atoms with E-state index in [-0.39, 0.29) is 30.1 Å². The number of aryl methyl sites for hydroxylation is 2. The molecule has 4 rings (SSSR count). The second-order valence-corrected chi connectivity index (χ2v) is 8.35. The first-order chi connectivity index (χ1) is 14.0. The van der Waals surface area contributed by atoms with Crippen molar-refractivity contribution in [3.8, 4) is 0 Å². The average Bonchev–Trinajstić information content (AvgIpc) is 2.70. The molecule has 2 atom stereocenters. The summed E-state index contributed by atoms with van der Waals surface area (Å²) in [7, 11) is 0. The maximum absolute atomic E-state index is 13.2. The lowest BCUT2D eigenvalue weighted by Crippen LogP contribution is -2.59. The maximum atomic E-state index is 13.2. The van der Waals surface area contributed by atoms with E-state index in [1.165, 1.54) is 0 Å². The van der Waals surface area contributed by atoms with E-state index in [9.17, 15) is 9.59 Å². The Morgan fingerprint density at radius 3 is 2.14 bits per heavy atom. The smallest absolute Gasteiger partial charge is 0.322 e. The minimum Gasteiger partial charge on any atom is -0.349 e. The Bertz CT molecular complexity index is 862. The molecule has 2 aliphatic rings. The topological polar surface area (TPSA) is 61.4 Å². The summed E-state index contributed by atoms with van der Waals surface area (Å²) in [5.41, 5.74) is 3.75. The van der Waals surface area contributed by atoms with Crippen LogP contribution in [0, 0.1) is 13.8 Å². The summed E-state index contributed by atoms with van der Waals surface area (Å²) in [6, 6.07) is 15.8. The lowest BCUT2D eigenvalue weighted by molar-refractivity contribution is 0.0577. The number of anilines is 1. The Labute approximate surface area is 172 Å². The van der Waals surface area contributed by atoms with Crippen LogP contribution in [0.4, 0.5) is 10.5 Å². The Kier molecular flexibility index (Phi) is 5.56. The van der Waals surface area contributed by atoms with Crippen molar-refractivity contribution < 1.29 is 9.59 Å². The van der Waals surface area contributed by atoms with E-state index in [1.54, 1.807) is 0 Å². The Balaban J connectivity index is 1.44. The molecule has 2 aromatic rings. The molecule has 0 aromatic heterocycles. The fourth-order valence-corrected chi connectivity index (χ4v) is 4.87. The zero-order valence-electron chi connectivity index (χ0n) is 17.2. The molecule has 5 nitrogen and oxygen atoms in total. The minimum atomic E-state index is -0.0258. The molecule has 2 fully saturated rings. The van der Waals surface area contributed by atoms with Crippen molar-refractivity contribution in [1.82, 2.24) is 10.2 Å². The molecule has 0 radical (unpaired) electrons. The number of carbonyl (C=O) groups is 2. The van der Waals surface area contributed by atoms with Crippen molar-refractivity contribution in [2.45, 2.75) is 64.1 Å². The molecule has 2 aromatic carbocycles. The summed E-state index contributed by atoms with van der Waals surface area (Å²) in [5.74, 6) is -0.0258. The number of benzene rings is 2. The van der Waals surface area contributed by atoms with Gasteiger partial charge in [0.25, 0.3) is 5.91 Å². The van der Waals surface area contributed by atoms with Crippen LogP contribution in [0.2, 0.25) is 0 Å². The van der Waals surface area contributed by atoms with Gasteiger partial charge in [0.15, 0.2) is 0 Å². The molecule has 2 saturated heterocycles. The van der Waals surface area contributed by atoms with Crippen molar-refractivity contribution in [1.29, 1.82) is 0 Å². The molecule has 2 heterocycles. The van der Waals surface area contributed by atoms with Gasteiger partial charge >= 0.3 is 6.03 Å². The van der Waals surface area contributed by atoms with E-state index in [2.05, 4.69) is 10.6 Å². The number of amides is 3. The van der Waals surface area contributed by atoms with Gasteiger partial charge in [-0.2, -0.15) is 0 Å². The molecule has 5 heteroatoms. The van der Waals surface area contributed by atoms with Crippen LogP contribution in [0.3, 0.4) is 0 Å². The molecule has 3 amide bonds. The molecule has 2 unspecified atom stereocenters. The highest BCUT2D eigenvalue weighted by Crippen LogP contribution is 2.35. The molecule has 2 aliphatic heterocycles. The van der Waals surface area contributed by atoms with Gasteiger partial charge in [-0.3, -0.25) is 4.79 Å². The SMILES string of the molecule is Cc1cccc(C)c1NC(=O)N1C2CCCC1CC(NC(=O)c1ccccc1)C2. The number of hydrogen-bond donors (Lipinski definition) is 2. The van der Waals surface area contributed by atoms with E-state index in [0.29, 0.717) is 5.56 Å². The number of nitrogens with zero attached hydrogens (tertiary/aromatic N) is 1. The highest BCUT2D eigenvalue weighted by molar-refractivity contribution is 5.94. The Morgan fingerprint density at radius 1 is 0.897 bits per heavy atom. The number of nitrogens with one attached hydrogen (secondary N) is 2. The molecule has 0 spiro atoms. The maximum Gasteiger partial charge on any atom is 0.322 e. The van der Waals surface area contributed by atoms with Crippen molar-refractivity contribution in [3.05, 3.63) is 65.2 Å². The van der Waals surface area contributed by atoms with Crippen molar-refractivity contribution in [2.24, 2.45) is 0 Å². The van der Waals surface area contributed by atoms with Crippen LogP contribution >= 0.6 is 0 Å². The van der Waals surface area contributed by atoms with Crippen molar-refractivity contribution in [3.63, 3.8) is 0 Å². The predicted molar refractivity (Wildman–Crippen MR) is 115 cm³/mol. The van der Waals surface area contributed by atoms with Gasteiger partial charge < -0.3 is 15.5 Å². The van der Waals surface area contributed by atoms with Gasteiger partial charge in [-0.25, -0.2) is 4.79 Å². The number of hydrogen-bond acceptors (Lipinski definition) is 2. The second-order valence-electron chi connectivity index (χ2n) is 8.35. The first-order valence-electron chi connectivity index (χ1n) is 10.5. The van der Waals surface area contributed by atoms with Gasteiger partial charge in [0.2, 0.25) is 0 Å². The molecular formula is C24H29N3O2. The van der Waals surface area contributed by atoms with Gasteiger partial charge in [-0.05, 0) is 69.2 Å². The molecule has 0 aliphatic carbocycles. The molecule has 0 saturated carbocycles. The number of urea groups is 1.